The molecule has 0 fully saturated rings. The molecule has 1 heterocycles. The Bertz CT molecular complexity index is 1310. The van der Waals surface area contributed by atoms with Crippen LogP contribution in [0.2, 0.25) is 10.0 Å². The second-order valence-electron chi connectivity index (χ2n) is 7.25. The molecule has 4 aromatic rings. The molecule has 3 aromatic carbocycles. The molecule has 0 bridgehead atoms. The first kappa shape index (κ1) is 23.1. The van der Waals surface area contributed by atoms with Gasteiger partial charge in [-0.3, -0.25) is 4.79 Å². The first-order valence-electron chi connectivity index (χ1n) is 10.0. The molecule has 0 spiro atoms. The molecule has 0 aliphatic heterocycles. The predicted octanol–water partition coefficient (Wildman–Crippen LogP) is 7.27. The van der Waals surface area contributed by atoms with Crippen molar-refractivity contribution in [3.05, 3.63) is 92.9 Å². The summed E-state index contributed by atoms with van der Waals surface area (Å²) in [4.78, 5) is 17.1. The second-order valence-corrected chi connectivity index (χ2v) is 8.95. The van der Waals surface area contributed by atoms with Gasteiger partial charge in [0, 0.05) is 32.2 Å². The van der Waals surface area contributed by atoms with Gasteiger partial charge < -0.3 is 14.8 Å². The lowest BCUT2D eigenvalue weighted by atomic mass is 10.2. The number of halogens is 2. The summed E-state index contributed by atoms with van der Waals surface area (Å²) in [5, 5.41) is 6.43. The minimum absolute atomic E-state index is 0.255. The highest BCUT2D eigenvalue weighted by Crippen LogP contribution is 2.35. The van der Waals surface area contributed by atoms with Gasteiger partial charge in [-0.25, -0.2) is 4.98 Å². The maximum Gasteiger partial charge on any atom is 0.275 e. The van der Waals surface area contributed by atoms with E-state index < -0.39 is 0 Å². The van der Waals surface area contributed by atoms with Crippen LogP contribution in [0.1, 0.15) is 21.6 Å². The number of rotatable bonds is 7. The summed E-state index contributed by atoms with van der Waals surface area (Å²) in [6, 6.07) is 18.4. The third-order valence-electron chi connectivity index (χ3n) is 4.82. The number of benzene rings is 3. The van der Waals surface area contributed by atoms with Gasteiger partial charge in [-0.1, -0.05) is 41.4 Å². The number of ether oxygens (including phenoxy) is 2. The van der Waals surface area contributed by atoms with Crippen LogP contribution in [-0.4, -0.2) is 18.0 Å². The van der Waals surface area contributed by atoms with Gasteiger partial charge in [0.15, 0.2) is 11.5 Å². The molecule has 8 heteroatoms. The van der Waals surface area contributed by atoms with Crippen LogP contribution in [0, 0.1) is 6.92 Å². The summed E-state index contributed by atoms with van der Waals surface area (Å²) >= 11 is 13.6. The summed E-state index contributed by atoms with van der Waals surface area (Å²) in [5.41, 5.74) is 3.80. The van der Waals surface area contributed by atoms with Crippen LogP contribution in [0.4, 0.5) is 5.69 Å². The van der Waals surface area contributed by atoms with Gasteiger partial charge in [-0.15, -0.1) is 11.3 Å². The number of hydrogen-bond donors (Lipinski definition) is 1. The quantitative estimate of drug-likeness (QED) is 0.291. The number of nitrogens with zero attached hydrogens (tertiary/aromatic N) is 1. The van der Waals surface area contributed by atoms with Gasteiger partial charge >= 0.3 is 0 Å². The summed E-state index contributed by atoms with van der Waals surface area (Å²) in [6.07, 6.45) is 0. The smallest absolute Gasteiger partial charge is 0.275 e. The average Bonchev–Trinajstić information content (AvgIpc) is 3.29. The summed E-state index contributed by atoms with van der Waals surface area (Å²) in [5.74, 6) is 0.870. The van der Waals surface area contributed by atoms with E-state index in [2.05, 4.69) is 10.3 Å². The number of hydrogen-bond acceptors (Lipinski definition) is 5. The molecule has 0 aliphatic rings. The number of nitrogens with one attached hydrogen (secondary N) is 1. The fourth-order valence-corrected chi connectivity index (χ4v) is 4.40. The molecule has 0 unspecified atom stereocenters. The van der Waals surface area contributed by atoms with E-state index in [9.17, 15) is 4.79 Å². The molecule has 0 saturated heterocycles. The Labute approximate surface area is 205 Å². The number of aromatic nitrogens is 1. The molecule has 0 radical (unpaired) electrons. The number of carbonyl (C=O) groups is 1. The van der Waals surface area contributed by atoms with Crippen molar-refractivity contribution in [2.24, 2.45) is 0 Å². The molecule has 1 aromatic heterocycles. The average molecular weight is 499 g/mol. The van der Waals surface area contributed by atoms with E-state index in [0.717, 1.165) is 22.4 Å². The van der Waals surface area contributed by atoms with Crippen molar-refractivity contribution < 1.29 is 14.3 Å². The molecular formula is C25H20Cl2N2O3S. The Morgan fingerprint density at radius 3 is 2.67 bits per heavy atom. The van der Waals surface area contributed by atoms with Crippen LogP contribution >= 0.6 is 34.5 Å². The van der Waals surface area contributed by atoms with Crippen molar-refractivity contribution in [2.75, 3.05) is 12.4 Å². The Morgan fingerprint density at radius 1 is 1.06 bits per heavy atom. The largest absolute Gasteiger partial charge is 0.493 e. The zero-order valence-corrected chi connectivity index (χ0v) is 20.2. The minimum atomic E-state index is -0.255. The Kier molecular flexibility index (Phi) is 7.18. The molecular weight excluding hydrogens is 479 g/mol. The van der Waals surface area contributed by atoms with E-state index in [1.54, 1.807) is 24.6 Å². The van der Waals surface area contributed by atoms with E-state index in [-0.39, 0.29) is 12.5 Å². The molecule has 4 rings (SSSR count). The van der Waals surface area contributed by atoms with Crippen LogP contribution in [0.5, 0.6) is 11.5 Å². The Balaban J connectivity index is 1.48. The first-order valence-corrected chi connectivity index (χ1v) is 11.6. The van der Waals surface area contributed by atoms with Crippen molar-refractivity contribution >= 4 is 46.1 Å². The SMILES string of the molecule is COc1cc(-c2nc(C(=O)Nc3cccc(C)c3)cs2)ccc1OCc1ccc(Cl)cc1Cl. The van der Waals surface area contributed by atoms with Crippen LogP contribution < -0.4 is 14.8 Å². The van der Waals surface area contributed by atoms with E-state index in [0.29, 0.717) is 32.2 Å². The maximum absolute atomic E-state index is 12.6. The van der Waals surface area contributed by atoms with Gasteiger partial charge in [0.25, 0.3) is 5.91 Å². The topological polar surface area (TPSA) is 60.5 Å². The van der Waals surface area contributed by atoms with Gasteiger partial charge in [0.05, 0.1) is 7.11 Å². The lowest BCUT2D eigenvalue weighted by molar-refractivity contribution is 0.102. The Morgan fingerprint density at radius 2 is 1.91 bits per heavy atom. The maximum atomic E-state index is 12.6. The van der Waals surface area contributed by atoms with Crippen molar-refractivity contribution in [1.29, 1.82) is 0 Å². The number of anilines is 1. The molecule has 1 N–H and O–H groups in total. The second kappa shape index (κ2) is 10.3. The number of amides is 1. The standard InChI is InChI=1S/C25H20Cl2N2O3S/c1-15-4-3-5-19(10-15)28-24(30)21-14-33-25(29-21)16-7-9-22(23(11-16)31-2)32-13-17-6-8-18(26)12-20(17)27/h3-12,14H,13H2,1-2H3,(H,28,30). The van der Waals surface area contributed by atoms with E-state index in [4.69, 9.17) is 32.7 Å². The zero-order valence-electron chi connectivity index (χ0n) is 17.9. The summed E-state index contributed by atoms with van der Waals surface area (Å²) in [7, 11) is 1.57. The highest BCUT2D eigenvalue weighted by molar-refractivity contribution is 7.13. The fraction of sp³-hybridized carbons (Fsp3) is 0.120. The number of methoxy groups -OCH3 is 1. The van der Waals surface area contributed by atoms with Crippen molar-refractivity contribution in [1.82, 2.24) is 4.98 Å². The normalized spacial score (nSPS) is 10.7. The van der Waals surface area contributed by atoms with Crippen molar-refractivity contribution in [3.63, 3.8) is 0 Å². The summed E-state index contributed by atoms with van der Waals surface area (Å²) < 4.78 is 11.4. The third-order valence-corrected chi connectivity index (χ3v) is 6.30. The van der Waals surface area contributed by atoms with Gasteiger partial charge in [0.1, 0.15) is 17.3 Å². The van der Waals surface area contributed by atoms with Crippen molar-refractivity contribution in [3.8, 4) is 22.1 Å². The first-order chi connectivity index (χ1) is 15.9. The third kappa shape index (κ3) is 5.66. The molecule has 168 valence electrons. The minimum Gasteiger partial charge on any atom is -0.493 e. The van der Waals surface area contributed by atoms with E-state index >= 15 is 0 Å². The van der Waals surface area contributed by atoms with Crippen molar-refractivity contribution in [2.45, 2.75) is 13.5 Å². The van der Waals surface area contributed by atoms with Crippen LogP contribution in [0.3, 0.4) is 0 Å². The summed E-state index contributed by atoms with van der Waals surface area (Å²) in [6.45, 7) is 2.24. The molecule has 0 atom stereocenters. The molecule has 0 saturated carbocycles. The van der Waals surface area contributed by atoms with Crippen LogP contribution in [0.25, 0.3) is 10.6 Å². The lowest BCUT2D eigenvalue weighted by Crippen LogP contribution is -2.12. The molecule has 5 nitrogen and oxygen atoms in total. The molecule has 1 amide bonds. The highest BCUT2D eigenvalue weighted by Gasteiger charge is 2.15. The van der Waals surface area contributed by atoms with Gasteiger partial charge in [-0.2, -0.15) is 0 Å². The molecule has 33 heavy (non-hydrogen) atoms. The lowest BCUT2D eigenvalue weighted by Gasteiger charge is -2.12. The van der Waals surface area contributed by atoms with Gasteiger partial charge in [-0.05, 0) is 55.0 Å². The zero-order chi connectivity index (χ0) is 23.4. The monoisotopic (exact) mass is 498 g/mol. The fourth-order valence-electron chi connectivity index (χ4n) is 3.14. The van der Waals surface area contributed by atoms with E-state index in [1.807, 2.05) is 55.5 Å². The number of thiazole rings is 1. The number of aryl methyl sites for hydroxylation is 1. The highest BCUT2D eigenvalue weighted by atomic mass is 35.5. The van der Waals surface area contributed by atoms with Gasteiger partial charge in [0.2, 0.25) is 0 Å². The van der Waals surface area contributed by atoms with E-state index in [1.165, 1.54) is 11.3 Å². The Hall–Kier alpha value is -3.06. The van der Waals surface area contributed by atoms with Crippen LogP contribution in [0.15, 0.2) is 66.0 Å². The molecule has 0 aliphatic carbocycles. The number of carbonyl (C=O) groups excluding carboxylic acids is 1. The van der Waals surface area contributed by atoms with Crippen LogP contribution in [-0.2, 0) is 6.61 Å². The predicted molar refractivity (Wildman–Crippen MR) is 134 cm³/mol.